The molecule has 0 radical (unpaired) electrons. The van der Waals surface area contributed by atoms with Crippen molar-refractivity contribution in [1.82, 2.24) is 9.88 Å². The van der Waals surface area contributed by atoms with Gasteiger partial charge in [-0.1, -0.05) is 6.42 Å². The second kappa shape index (κ2) is 4.61. The van der Waals surface area contributed by atoms with Crippen molar-refractivity contribution in [3.63, 3.8) is 0 Å². The van der Waals surface area contributed by atoms with E-state index in [1.807, 2.05) is 4.90 Å². The van der Waals surface area contributed by atoms with E-state index in [0.717, 1.165) is 30.7 Å². The summed E-state index contributed by atoms with van der Waals surface area (Å²) in [5.41, 5.74) is 5.55. The highest BCUT2D eigenvalue weighted by Gasteiger charge is 2.17. The fourth-order valence-electron chi connectivity index (χ4n) is 1.79. The van der Waals surface area contributed by atoms with E-state index in [1.54, 1.807) is 6.20 Å². The van der Waals surface area contributed by atoms with Crippen LogP contribution in [0.2, 0.25) is 0 Å². The Bertz CT molecular complexity index is 350. The minimum Gasteiger partial charge on any atom is -0.375 e. The normalized spacial score (nSPS) is 17.9. The first-order valence-corrected chi connectivity index (χ1v) is 6.05. The third kappa shape index (κ3) is 2.68. The van der Waals surface area contributed by atoms with Gasteiger partial charge in [-0.2, -0.15) is 0 Å². The third-order valence-corrected chi connectivity index (χ3v) is 3.40. The summed E-state index contributed by atoms with van der Waals surface area (Å²) in [5.74, 6) is 0.263. The number of nitrogens with zero attached hydrogens (tertiary/aromatic N) is 2. The van der Waals surface area contributed by atoms with Crippen LogP contribution in [0.25, 0.3) is 0 Å². The van der Waals surface area contributed by atoms with Gasteiger partial charge in [0, 0.05) is 24.0 Å². The highest BCUT2D eigenvalue weighted by molar-refractivity contribution is 7.15. The molecular formula is C10H15N3OS. The van der Waals surface area contributed by atoms with Gasteiger partial charge in [-0.3, -0.25) is 4.79 Å². The van der Waals surface area contributed by atoms with E-state index in [2.05, 4.69) is 4.98 Å². The van der Waals surface area contributed by atoms with Crippen molar-refractivity contribution >= 4 is 22.4 Å². The molecule has 1 aliphatic rings. The van der Waals surface area contributed by atoms with Crippen LogP contribution in [0.4, 0.5) is 5.13 Å². The van der Waals surface area contributed by atoms with Crippen LogP contribution in [0.1, 0.15) is 30.6 Å². The number of nitrogens with two attached hydrogens (primary N) is 1. The van der Waals surface area contributed by atoms with E-state index in [-0.39, 0.29) is 5.91 Å². The number of carbonyl (C=O) groups is 1. The van der Waals surface area contributed by atoms with Gasteiger partial charge in [0.1, 0.15) is 0 Å². The van der Waals surface area contributed by atoms with Crippen molar-refractivity contribution in [3.8, 4) is 0 Å². The van der Waals surface area contributed by atoms with Crippen LogP contribution in [-0.2, 0) is 11.3 Å². The molecule has 1 fully saturated rings. The average Bonchev–Trinajstić information content (AvgIpc) is 2.50. The number of likely N-dealkylation sites (tertiary alicyclic amines) is 1. The summed E-state index contributed by atoms with van der Waals surface area (Å²) in [7, 11) is 0. The molecule has 0 bridgehead atoms. The zero-order chi connectivity index (χ0) is 10.7. The van der Waals surface area contributed by atoms with E-state index < -0.39 is 0 Å². The molecule has 1 aromatic heterocycles. The molecule has 2 rings (SSSR count). The number of hydrogen-bond donors (Lipinski definition) is 1. The first-order valence-electron chi connectivity index (χ1n) is 5.23. The smallest absolute Gasteiger partial charge is 0.222 e. The number of nitrogen functional groups attached to an aromatic ring is 1. The molecule has 4 nitrogen and oxygen atoms in total. The van der Waals surface area contributed by atoms with Crippen LogP contribution < -0.4 is 5.73 Å². The van der Waals surface area contributed by atoms with E-state index >= 15 is 0 Å². The molecule has 0 saturated carbocycles. The average molecular weight is 225 g/mol. The Morgan fingerprint density at radius 2 is 2.33 bits per heavy atom. The molecule has 1 amide bonds. The predicted octanol–water partition coefficient (Wildman–Crippen LogP) is 1.63. The lowest BCUT2D eigenvalue weighted by Gasteiger charge is -2.18. The Hall–Kier alpha value is -1.10. The van der Waals surface area contributed by atoms with Crippen LogP contribution in [0.5, 0.6) is 0 Å². The van der Waals surface area contributed by atoms with E-state index in [9.17, 15) is 4.79 Å². The fraction of sp³-hybridized carbons (Fsp3) is 0.600. The lowest BCUT2D eigenvalue weighted by molar-refractivity contribution is -0.131. The monoisotopic (exact) mass is 225 g/mol. The Balaban J connectivity index is 2.00. The molecular weight excluding hydrogens is 210 g/mol. The first-order chi connectivity index (χ1) is 7.25. The number of anilines is 1. The molecule has 1 aliphatic heterocycles. The Labute approximate surface area is 93.1 Å². The van der Waals surface area contributed by atoms with Crippen LogP contribution >= 0.6 is 11.3 Å². The fourth-order valence-corrected chi connectivity index (χ4v) is 2.49. The van der Waals surface area contributed by atoms with Gasteiger partial charge in [-0.05, 0) is 12.8 Å². The molecule has 0 spiro atoms. The van der Waals surface area contributed by atoms with Crippen molar-refractivity contribution < 1.29 is 4.79 Å². The zero-order valence-electron chi connectivity index (χ0n) is 8.61. The maximum Gasteiger partial charge on any atom is 0.222 e. The van der Waals surface area contributed by atoms with Gasteiger partial charge in [0.15, 0.2) is 5.13 Å². The van der Waals surface area contributed by atoms with Crippen molar-refractivity contribution in [2.75, 3.05) is 12.3 Å². The maximum atomic E-state index is 11.7. The summed E-state index contributed by atoms with van der Waals surface area (Å²) in [6.07, 6.45) is 5.75. The topological polar surface area (TPSA) is 59.2 Å². The summed E-state index contributed by atoms with van der Waals surface area (Å²) in [6, 6.07) is 0. The van der Waals surface area contributed by atoms with Gasteiger partial charge in [0.05, 0.1) is 6.54 Å². The third-order valence-electron chi connectivity index (χ3n) is 2.59. The molecule has 1 aromatic rings. The SMILES string of the molecule is Nc1ncc(CN2CCCCCC2=O)s1. The van der Waals surface area contributed by atoms with Gasteiger partial charge < -0.3 is 10.6 Å². The number of thiazole rings is 1. The highest BCUT2D eigenvalue weighted by atomic mass is 32.1. The van der Waals surface area contributed by atoms with Crippen LogP contribution in [0.3, 0.4) is 0 Å². The second-order valence-corrected chi connectivity index (χ2v) is 4.94. The van der Waals surface area contributed by atoms with Gasteiger partial charge in [0.2, 0.25) is 5.91 Å². The van der Waals surface area contributed by atoms with Crippen LogP contribution in [0, 0.1) is 0 Å². The van der Waals surface area contributed by atoms with Gasteiger partial charge in [-0.15, -0.1) is 11.3 Å². The largest absolute Gasteiger partial charge is 0.375 e. The van der Waals surface area contributed by atoms with Crippen molar-refractivity contribution in [2.24, 2.45) is 0 Å². The van der Waals surface area contributed by atoms with Gasteiger partial charge in [0.25, 0.3) is 0 Å². The first kappa shape index (κ1) is 10.4. The Kier molecular flexibility index (Phi) is 3.20. The van der Waals surface area contributed by atoms with E-state index in [4.69, 9.17) is 5.73 Å². The number of rotatable bonds is 2. The minimum atomic E-state index is 0.263. The molecule has 15 heavy (non-hydrogen) atoms. The van der Waals surface area contributed by atoms with Crippen LogP contribution in [-0.4, -0.2) is 22.3 Å². The lowest BCUT2D eigenvalue weighted by Crippen LogP contribution is -2.29. The summed E-state index contributed by atoms with van der Waals surface area (Å²) < 4.78 is 0. The molecule has 2 N–H and O–H groups in total. The lowest BCUT2D eigenvalue weighted by atomic mass is 10.2. The van der Waals surface area contributed by atoms with Crippen molar-refractivity contribution in [2.45, 2.75) is 32.2 Å². The van der Waals surface area contributed by atoms with Crippen molar-refractivity contribution in [3.05, 3.63) is 11.1 Å². The summed E-state index contributed by atoms with van der Waals surface area (Å²) >= 11 is 1.46. The van der Waals surface area contributed by atoms with E-state index in [0.29, 0.717) is 18.1 Å². The summed E-state index contributed by atoms with van der Waals surface area (Å²) in [5, 5.41) is 0.576. The minimum absolute atomic E-state index is 0.263. The Morgan fingerprint density at radius 3 is 3.07 bits per heavy atom. The number of carbonyl (C=O) groups excluding carboxylic acids is 1. The summed E-state index contributed by atoms with van der Waals surface area (Å²) in [4.78, 5) is 18.7. The molecule has 5 heteroatoms. The molecule has 0 unspecified atom stereocenters. The zero-order valence-corrected chi connectivity index (χ0v) is 9.42. The van der Waals surface area contributed by atoms with Gasteiger partial charge >= 0.3 is 0 Å². The summed E-state index contributed by atoms with van der Waals surface area (Å²) in [6.45, 7) is 1.55. The Morgan fingerprint density at radius 1 is 1.47 bits per heavy atom. The molecule has 1 saturated heterocycles. The maximum absolute atomic E-state index is 11.7. The van der Waals surface area contributed by atoms with Crippen molar-refractivity contribution in [1.29, 1.82) is 0 Å². The molecule has 0 aliphatic carbocycles. The second-order valence-electron chi connectivity index (χ2n) is 3.79. The highest BCUT2D eigenvalue weighted by Crippen LogP contribution is 2.19. The molecule has 2 heterocycles. The predicted molar refractivity (Wildman–Crippen MR) is 60.4 cm³/mol. The molecule has 82 valence electrons. The molecule has 0 aromatic carbocycles. The number of aromatic nitrogens is 1. The number of hydrogen-bond acceptors (Lipinski definition) is 4. The van der Waals surface area contributed by atoms with E-state index in [1.165, 1.54) is 11.3 Å². The van der Waals surface area contributed by atoms with Crippen LogP contribution in [0.15, 0.2) is 6.20 Å². The quantitative estimate of drug-likeness (QED) is 0.832. The standard InChI is InChI=1S/C10H15N3OS/c11-10-12-6-8(15-10)7-13-5-3-1-2-4-9(13)14/h6H,1-5,7H2,(H2,11,12). The number of amides is 1. The molecule has 0 atom stereocenters. The van der Waals surface area contributed by atoms with Gasteiger partial charge in [-0.25, -0.2) is 4.98 Å².